The van der Waals surface area contributed by atoms with Crippen LogP contribution >= 0.6 is 0 Å². The smallest absolute Gasteiger partial charge is 0.271 e. The molecule has 2 fully saturated rings. The van der Waals surface area contributed by atoms with Crippen LogP contribution in [0.1, 0.15) is 54.4 Å². The van der Waals surface area contributed by atoms with E-state index in [1.54, 1.807) is 0 Å². The molecule has 0 bridgehead atoms. The molecule has 2 aliphatic rings. The molecule has 0 radical (unpaired) electrons. The number of rotatable bonds is 7. The van der Waals surface area contributed by atoms with Crippen LogP contribution in [0.25, 0.3) is 0 Å². The van der Waals surface area contributed by atoms with Gasteiger partial charge in [-0.15, -0.1) is 0 Å². The van der Waals surface area contributed by atoms with E-state index in [-0.39, 0.29) is 17.8 Å². The molecule has 2 aromatic rings. The highest BCUT2D eigenvalue weighted by atomic mass is 16.3. The minimum atomic E-state index is -0.608. The first-order valence-corrected chi connectivity index (χ1v) is 12.3. The van der Waals surface area contributed by atoms with E-state index in [9.17, 15) is 9.90 Å². The molecule has 1 aromatic heterocycles. The van der Waals surface area contributed by atoms with E-state index < -0.39 is 5.91 Å². The Labute approximate surface area is 201 Å². The Bertz CT molecular complexity index is 1010. The Morgan fingerprint density at radius 3 is 2.47 bits per heavy atom. The molecule has 34 heavy (non-hydrogen) atoms. The number of piperazine rings is 1. The van der Waals surface area contributed by atoms with E-state index in [0.717, 1.165) is 57.5 Å². The van der Waals surface area contributed by atoms with Gasteiger partial charge >= 0.3 is 0 Å². The SMILES string of the molecule is CCc1nc(C(N)=O)c(Nc2ccc(C)c(N3CCN(C)CC3)c2)nc1NC1CCC(O)CC1. The highest BCUT2D eigenvalue weighted by Crippen LogP contribution is 2.29. The van der Waals surface area contributed by atoms with Crippen molar-refractivity contribution in [3.63, 3.8) is 0 Å². The number of nitrogens with zero attached hydrogens (tertiary/aromatic N) is 4. The highest BCUT2D eigenvalue weighted by Gasteiger charge is 2.23. The van der Waals surface area contributed by atoms with Crippen molar-refractivity contribution in [1.82, 2.24) is 14.9 Å². The maximum atomic E-state index is 12.2. The third kappa shape index (κ3) is 5.59. The van der Waals surface area contributed by atoms with Gasteiger partial charge in [-0.25, -0.2) is 9.97 Å². The number of hydrogen-bond acceptors (Lipinski definition) is 8. The number of hydrogen-bond donors (Lipinski definition) is 4. The molecule has 0 atom stereocenters. The van der Waals surface area contributed by atoms with Crippen LogP contribution in [0, 0.1) is 6.92 Å². The maximum Gasteiger partial charge on any atom is 0.271 e. The second-order valence-electron chi connectivity index (χ2n) is 9.50. The second kappa shape index (κ2) is 10.6. The van der Waals surface area contributed by atoms with Crippen LogP contribution in [0.3, 0.4) is 0 Å². The number of anilines is 4. The first kappa shape index (κ1) is 24.2. The Kier molecular flexibility index (Phi) is 7.53. The molecule has 0 spiro atoms. The number of benzene rings is 1. The third-order valence-corrected chi connectivity index (χ3v) is 6.89. The third-order valence-electron chi connectivity index (χ3n) is 6.89. The van der Waals surface area contributed by atoms with Crippen molar-refractivity contribution in [2.75, 3.05) is 48.8 Å². The lowest BCUT2D eigenvalue weighted by atomic mass is 9.93. The second-order valence-corrected chi connectivity index (χ2v) is 9.50. The average molecular weight is 468 g/mol. The number of aromatic nitrogens is 2. The number of carbonyl (C=O) groups excluding carboxylic acids is 1. The number of amides is 1. The normalized spacial score (nSPS) is 21.4. The van der Waals surface area contributed by atoms with Gasteiger partial charge in [0.05, 0.1) is 11.8 Å². The molecule has 1 saturated carbocycles. The predicted octanol–water partition coefficient (Wildman–Crippen LogP) is 2.66. The summed E-state index contributed by atoms with van der Waals surface area (Å²) in [7, 11) is 2.15. The fourth-order valence-electron chi connectivity index (χ4n) is 4.72. The molecule has 1 saturated heterocycles. The van der Waals surface area contributed by atoms with E-state index in [1.165, 1.54) is 11.3 Å². The number of nitrogens with two attached hydrogens (primary N) is 1. The Balaban J connectivity index is 1.61. The molecule has 5 N–H and O–H groups in total. The van der Waals surface area contributed by atoms with Gasteiger partial charge in [-0.3, -0.25) is 4.79 Å². The van der Waals surface area contributed by atoms with Crippen LogP contribution in [0.5, 0.6) is 0 Å². The molecular formula is C25H37N7O2. The summed E-state index contributed by atoms with van der Waals surface area (Å²) in [6, 6.07) is 6.40. The van der Waals surface area contributed by atoms with E-state index in [4.69, 9.17) is 10.7 Å². The number of carbonyl (C=O) groups is 1. The molecule has 1 amide bonds. The number of likely N-dealkylation sites (N-methyl/N-ethyl adjacent to an activating group) is 1. The summed E-state index contributed by atoms with van der Waals surface area (Å²) in [5.41, 5.74) is 9.76. The zero-order valence-electron chi connectivity index (χ0n) is 20.5. The number of aliphatic hydroxyl groups excluding tert-OH is 1. The van der Waals surface area contributed by atoms with Gasteiger partial charge in [-0.1, -0.05) is 13.0 Å². The highest BCUT2D eigenvalue weighted by molar-refractivity contribution is 5.96. The first-order valence-electron chi connectivity index (χ1n) is 12.3. The number of primary amides is 1. The topological polar surface area (TPSA) is 120 Å². The van der Waals surface area contributed by atoms with Crippen molar-refractivity contribution in [3.8, 4) is 0 Å². The van der Waals surface area contributed by atoms with Crippen molar-refractivity contribution in [2.24, 2.45) is 5.73 Å². The van der Waals surface area contributed by atoms with Crippen LogP contribution < -0.4 is 21.3 Å². The largest absolute Gasteiger partial charge is 0.393 e. The molecule has 4 rings (SSSR count). The van der Waals surface area contributed by atoms with Gasteiger partial charge in [-0.2, -0.15) is 0 Å². The zero-order valence-corrected chi connectivity index (χ0v) is 20.5. The summed E-state index contributed by atoms with van der Waals surface area (Å²) in [6.07, 6.45) is 3.70. The monoisotopic (exact) mass is 467 g/mol. The Morgan fingerprint density at radius 1 is 1.12 bits per heavy atom. The summed E-state index contributed by atoms with van der Waals surface area (Å²) in [6.45, 7) is 8.11. The molecule has 1 aliphatic carbocycles. The zero-order chi connectivity index (χ0) is 24.2. The quantitative estimate of drug-likeness (QED) is 0.491. The molecule has 9 heteroatoms. The van der Waals surface area contributed by atoms with E-state index >= 15 is 0 Å². The molecule has 184 valence electrons. The number of aliphatic hydroxyl groups is 1. The first-order chi connectivity index (χ1) is 16.3. The maximum absolute atomic E-state index is 12.2. The summed E-state index contributed by atoms with van der Waals surface area (Å²) < 4.78 is 0. The summed E-state index contributed by atoms with van der Waals surface area (Å²) in [4.78, 5) is 26.3. The molecule has 0 unspecified atom stereocenters. The molecule has 1 aliphatic heterocycles. The molecule has 1 aromatic carbocycles. The van der Waals surface area contributed by atoms with Crippen LogP contribution in [0.4, 0.5) is 23.0 Å². The van der Waals surface area contributed by atoms with Crippen molar-refractivity contribution in [1.29, 1.82) is 0 Å². The van der Waals surface area contributed by atoms with Gasteiger partial charge in [-0.05, 0) is 63.8 Å². The predicted molar refractivity (Wildman–Crippen MR) is 136 cm³/mol. The van der Waals surface area contributed by atoms with Crippen LogP contribution in [-0.4, -0.2) is 71.3 Å². The number of aryl methyl sites for hydroxylation is 2. The van der Waals surface area contributed by atoms with Crippen LogP contribution in [-0.2, 0) is 6.42 Å². The fourth-order valence-corrected chi connectivity index (χ4v) is 4.72. The fraction of sp³-hybridized carbons (Fsp3) is 0.560. The molecule has 2 heterocycles. The van der Waals surface area contributed by atoms with Crippen LogP contribution in [0.15, 0.2) is 18.2 Å². The van der Waals surface area contributed by atoms with Gasteiger partial charge in [0.1, 0.15) is 5.82 Å². The summed E-state index contributed by atoms with van der Waals surface area (Å²) >= 11 is 0. The van der Waals surface area contributed by atoms with Crippen molar-refractivity contribution in [3.05, 3.63) is 35.2 Å². The average Bonchev–Trinajstić information content (AvgIpc) is 2.82. The number of nitrogens with one attached hydrogen (secondary N) is 2. The lowest BCUT2D eigenvalue weighted by molar-refractivity contribution is 0.0996. The Morgan fingerprint density at radius 2 is 1.82 bits per heavy atom. The van der Waals surface area contributed by atoms with E-state index in [1.807, 2.05) is 13.0 Å². The minimum absolute atomic E-state index is 0.142. The van der Waals surface area contributed by atoms with Crippen molar-refractivity contribution >= 4 is 28.9 Å². The minimum Gasteiger partial charge on any atom is -0.393 e. The van der Waals surface area contributed by atoms with Gasteiger partial charge < -0.3 is 31.3 Å². The van der Waals surface area contributed by atoms with Gasteiger partial charge in [0.2, 0.25) is 0 Å². The van der Waals surface area contributed by atoms with Crippen LogP contribution in [0.2, 0.25) is 0 Å². The summed E-state index contributed by atoms with van der Waals surface area (Å²) in [5.74, 6) is 0.419. The van der Waals surface area contributed by atoms with Gasteiger partial charge in [0.25, 0.3) is 5.91 Å². The molecular weight excluding hydrogens is 430 g/mol. The van der Waals surface area contributed by atoms with E-state index in [0.29, 0.717) is 23.8 Å². The Hall–Kier alpha value is -2.91. The lowest BCUT2D eigenvalue weighted by Gasteiger charge is -2.35. The van der Waals surface area contributed by atoms with Gasteiger partial charge in [0, 0.05) is 43.6 Å². The van der Waals surface area contributed by atoms with Gasteiger partial charge in [0.15, 0.2) is 11.5 Å². The standard InChI is InChI=1S/C25H37N7O2/c1-4-20-24(27-17-7-9-19(33)10-8-17)30-25(22(29-20)23(26)34)28-18-6-5-16(2)21(15-18)32-13-11-31(3)12-14-32/h5-6,15,17,19,33H,4,7-14H2,1-3H3,(H2,26,34)(H2,27,28,30). The lowest BCUT2D eigenvalue weighted by Crippen LogP contribution is -2.44. The summed E-state index contributed by atoms with van der Waals surface area (Å²) in [5, 5.41) is 16.6. The van der Waals surface area contributed by atoms with Crippen molar-refractivity contribution < 1.29 is 9.90 Å². The van der Waals surface area contributed by atoms with Crippen molar-refractivity contribution in [2.45, 2.75) is 58.1 Å². The molecule has 9 nitrogen and oxygen atoms in total. The van der Waals surface area contributed by atoms with E-state index in [2.05, 4.69) is 51.5 Å².